The minimum atomic E-state index is -0.653. The van der Waals surface area contributed by atoms with Crippen LogP contribution in [-0.4, -0.2) is 42.0 Å². The van der Waals surface area contributed by atoms with E-state index in [1.807, 2.05) is 6.07 Å². The van der Waals surface area contributed by atoms with Crippen molar-refractivity contribution in [3.8, 4) is 11.4 Å². The number of hydrogen-bond donors (Lipinski definition) is 0. The summed E-state index contributed by atoms with van der Waals surface area (Å²) in [5, 5.41) is 4.83. The van der Waals surface area contributed by atoms with Gasteiger partial charge in [0.2, 0.25) is 0 Å². The number of imidazole rings is 1. The van der Waals surface area contributed by atoms with Crippen molar-refractivity contribution in [3.05, 3.63) is 59.9 Å². The number of carbonyl (C=O) groups is 2. The van der Waals surface area contributed by atoms with E-state index in [1.165, 1.54) is 40.4 Å². The molecule has 2 heterocycles. The van der Waals surface area contributed by atoms with Crippen LogP contribution in [0.25, 0.3) is 17.6 Å². The Morgan fingerprint density at radius 3 is 2.77 bits per heavy atom. The quantitative estimate of drug-likeness (QED) is 0.449. The van der Waals surface area contributed by atoms with E-state index in [0.29, 0.717) is 16.5 Å². The Morgan fingerprint density at radius 2 is 2.03 bits per heavy atom. The van der Waals surface area contributed by atoms with Crippen LogP contribution in [-0.2, 0) is 20.9 Å². The molecule has 2 aromatic heterocycles. The average molecular weight is 430 g/mol. The second kappa shape index (κ2) is 8.91. The molecule has 0 aliphatic carbocycles. The number of benzene rings is 1. The van der Waals surface area contributed by atoms with Gasteiger partial charge in [0.1, 0.15) is 24.9 Å². The second-order valence-electron chi connectivity index (χ2n) is 7.22. The third-order valence-corrected chi connectivity index (χ3v) is 3.86. The summed E-state index contributed by atoms with van der Waals surface area (Å²) in [4.78, 5) is 32.2. The topological polar surface area (TPSA) is 101 Å². The number of ether oxygens (including phenoxy) is 2. The Bertz CT molecular complexity index is 1080. The van der Waals surface area contributed by atoms with Gasteiger partial charge in [0.25, 0.3) is 0 Å². The van der Waals surface area contributed by atoms with Crippen LogP contribution in [0.5, 0.6) is 0 Å². The predicted octanol–water partition coefficient (Wildman–Crippen LogP) is 3.79. The fraction of sp³-hybridized carbons (Fsp3) is 0.250. The van der Waals surface area contributed by atoms with Crippen LogP contribution in [0.15, 0.2) is 49.2 Å². The fourth-order valence-electron chi connectivity index (χ4n) is 2.34. The third-order valence-electron chi connectivity index (χ3n) is 3.62. The van der Waals surface area contributed by atoms with E-state index in [4.69, 9.17) is 21.1 Å². The molecule has 0 saturated carbocycles. The molecule has 0 spiro atoms. The largest absolute Gasteiger partial charge is 0.456 e. The summed E-state index contributed by atoms with van der Waals surface area (Å²) in [6.45, 7) is 5.13. The lowest BCUT2D eigenvalue weighted by Gasteiger charge is -2.20. The highest BCUT2D eigenvalue weighted by atomic mass is 35.5. The van der Waals surface area contributed by atoms with Gasteiger partial charge in [-0.05, 0) is 32.9 Å². The summed E-state index contributed by atoms with van der Waals surface area (Å²) in [7, 11) is 0. The van der Waals surface area contributed by atoms with E-state index in [2.05, 4.69) is 15.1 Å². The van der Waals surface area contributed by atoms with E-state index in [9.17, 15) is 9.59 Å². The maximum atomic E-state index is 12.2. The van der Waals surface area contributed by atoms with Gasteiger partial charge in [0.05, 0.1) is 11.9 Å². The number of carbonyl (C=O) groups excluding carboxylic acids is 2. The van der Waals surface area contributed by atoms with E-state index in [-0.39, 0.29) is 6.61 Å². The monoisotopic (exact) mass is 429 g/mol. The highest BCUT2D eigenvalue weighted by Crippen LogP contribution is 2.19. The summed E-state index contributed by atoms with van der Waals surface area (Å²) in [5.74, 6) is -0.150. The maximum Gasteiger partial charge on any atom is 0.420 e. The predicted molar refractivity (Wildman–Crippen MR) is 109 cm³/mol. The Balaban J connectivity index is 1.58. The first-order valence-electron chi connectivity index (χ1n) is 8.98. The van der Waals surface area contributed by atoms with Gasteiger partial charge < -0.3 is 9.47 Å². The van der Waals surface area contributed by atoms with Crippen molar-refractivity contribution in [1.82, 2.24) is 24.3 Å². The minimum absolute atomic E-state index is 0.145. The molecule has 0 saturated heterocycles. The zero-order chi connectivity index (χ0) is 21.7. The van der Waals surface area contributed by atoms with E-state index in [0.717, 1.165) is 5.56 Å². The van der Waals surface area contributed by atoms with E-state index >= 15 is 0 Å². The Morgan fingerprint density at radius 1 is 1.23 bits per heavy atom. The van der Waals surface area contributed by atoms with Crippen molar-refractivity contribution >= 4 is 29.9 Å². The minimum Gasteiger partial charge on any atom is -0.456 e. The highest BCUT2D eigenvalue weighted by molar-refractivity contribution is 6.30. The number of halogens is 1. The molecule has 1 aromatic carbocycles. The molecule has 156 valence electrons. The SMILES string of the molecule is CC(C)(C)OC(=O)n1cncc1COC(=O)/C=C\n1cnc(-c2cccc(Cl)c2)n1. The van der Waals surface area contributed by atoms with Crippen LogP contribution in [0.4, 0.5) is 4.79 Å². The smallest absolute Gasteiger partial charge is 0.420 e. The molecule has 0 fully saturated rings. The highest BCUT2D eigenvalue weighted by Gasteiger charge is 2.20. The molecule has 0 bridgehead atoms. The molecule has 3 aromatic rings. The first-order chi connectivity index (χ1) is 14.2. The normalized spacial score (nSPS) is 11.6. The lowest BCUT2D eigenvalue weighted by molar-refractivity contribution is -0.139. The van der Waals surface area contributed by atoms with Gasteiger partial charge in [-0.1, -0.05) is 23.7 Å². The first-order valence-corrected chi connectivity index (χ1v) is 9.36. The van der Waals surface area contributed by atoms with Crippen molar-refractivity contribution in [1.29, 1.82) is 0 Å². The van der Waals surface area contributed by atoms with Crippen LogP contribution in [0.3, 0.4) is 0 Å². The summed E-state index contributed by atoms with van der Waals surface area (Å²) >= 11 is 5.97. The lowest BCUT2D eigenvalue weighted by Crippen LogP contribution is -2.27. The van der Waals surface area contributed by atoms with Crippen LogP contribution in [0.2, 0.25) is 5.02 Å². The average Bonchev–Trinajstić information content (AvgIpc) is 3.33. The number of esters is 1. The van der Waals surface area contributed by atoms with Crippen LogP contribution >= 0.6 is 11.6 Å². The Kier molecular flexibility index (Phi) is 6.31. The standard InChI is InChI=1S/C20H20ClN5O4/c1-20(2,3)30-19(28)26-12-22-10-16(26)11-29-17(27)7-8-25-13-23-18(24-25)14-5-4-6-15(21)9-14/h4-10,12-13H,11H2,1-3H3/b8-7-. The molecular formula is C20H20ClN5O4. The van der Waals surface area contributed by atoms with E-state index < -0.39 is 17.7 Å². The summed E-state index contributed by atoms with van der Waals surface area (Å²) < 4.78 is 13.0. The third kappa shape index (κ3) is 5.77. The summed E-state index contributed by atoms with van der Waals surface area (Å²) in [5.41, 5.74) is 0.488. The van der Waals surface area contributed by atoms with Crippen molar-refractivity contribution < 1.29 is 19.1 Å². The van der Waals surface area contributed by atoms with Crippen LogP contribution < -0.4 is 0 Å². The van der Waals surface area contributed by atoms with Gasteiger partial charge in [0, 0.05) is 22.9 Å². The van der Waals surface area contributed by atoms with Crippen molar-refractivity contribution in [2.24, 2.45) is 0 Å². The van der Waals surface area contributed by atoms with Gasteiger partial charge in [-0.3, -0.25) is 0 Å². The molecule has 0 amide bonds. The number of rotatable bonds is 5. The van der Waals surface area contributed by atoms with Gasteiger partial charge in [-0.15, -0.1) is 5.10 Å². The Hall–Kier alpha value is -3.46. The lowest BCUT2D eigenvalue weighted by atomic mass is 10.2. The molecular weight excluding hydrogens is 410 g/mol. The molecule has 0 atom stereocenters. The number of hydrogen-bond acceptors (Lipinski definition) is 7. The van der Waals surface area contributed by atoms with Gasteiger partial charge >= 0.3 is 12.1 Å². The van der Waals surface area contributed by atoms with E-state index in [1.54, 1.807) is 39.0 Å². The van der Waals surface area contributed by atoms with Crippen molar-refractivity contribution in [2.75, 3.05) is 0 Å². The fourth-order valence-corrected chi connectivity index (χ4v) is 2.53. The van der Waals surface area contributed by atoms with Crippen molar-refractivity contribution in [2.45, 2.75) is 33.0 Å². The molecule has 9 nitrogen and oxygen atoms in total. The van der Waals surface area contributed by atoms with Gasteiger partial charge in [-0.25, -0.2) is 28.8 Å². The van der Waals surface area contributed by atoms with Gasteiger partial charge in [0.15, 0.2) is 5.82 Å². The van der Waals surface area contributed by atoms with Gasteiger partial charge in [-0.2, -0.15) is 0 Å². The number of nitrogens with zero attached hydrogens (tertiary/aromatic N) is 5. The molecule has 3 rings (SSSR count). The first kappa shape index (κ1) is 21.3. The molecule has 0 radical (unpaired) electrons. The van der Waals surface area contributed by atoms with Crippen LogP contribution in [0, 0.1) is 0 Å². The van der Waals surface area contributed by atoms with Crippen molar-refractivity contribution in [3.63, 3.8) is 0 Å². The zero-order valence-electron chi connectivity index (χ0n) is 16.7. The number of aromatic nitrogens is 5. The molecule has 0 unspecified atom stereocenters. The molecule has 0 N–H and O–H groups in total. The van der Waals surface area contributed by atoms with Crippen LogP contribution in [0.1, 0.15) is 26.5 Å². The Labute approximate surface area is 177 Å². The molecule has 10 heteroatoms. The molecule has 0 aliphatic heterocycles. The zero-order valence-corrected chi connectivity index (χ0v) is 17.4. The summed E-state index contributed by atoms with van der Waals surface area (Å²) in [6.07, 6.45) is 6.20. The maximum absolute atomic E-state index is 12.2. The molecule has 0 aliphatic rings. The second-order valence-corrected chi connectivity index (χ2v) is 7.65. The molecule has 30 heavy (non-hydrogen) atoms. The summed E-state index contributed by atoms with van der Waals surface area (Å²) in [6, 6.07) is 7.13.